The molecule has 0 bridgehead atoms. The molecule has 0 spiro atoms. The van der Waals surface area contributed by atoms with Crippen molar-refractivity contribution >= 4 is 9.84 Å². The Kier molecular flexibility index (Phi) is 8.62. The highest BCUT2D eigenvalue weighted by atomic mass is 32.2. The Bertz CT molecular complexity index is 1450. The summed E-state index contributed by atoms with van der Waals surface area (Å²) < 4.78 is 48.4. The summed E-state index contributed by atoms with van der Waals surface area (Å²) in [6.45, 7) is 6.79. The van der Waals surface area contributed by atoms with E-state index in [4.69, 9.17) is 4.74 Å². The van der Waals surface area contributed by atoms with Gasteiger partial charge in [0.15, 0.2) is 4.90 Å². The average Bonchev–Trinajstić information content (AvgIpc) is 2.91. The lowest BCUT2D eigenvalue weighted by atomic mass is 9.89. The lowest BCUT2D eigenvalue weighted by molar-refractivity contribution is 0.0454. The van der Waals surface area contributed by atoms with Gasteiger partial charge in [-0.25, -0.2) is 13.4 Å². The van der Waals surface area contributed by atoms with Gasteiger partial charge in [0.2, 0.25) is 21.7 Å². The van der Waals surface area contributed by atoms with E-state index in [9.17, 15) is 22.7 Å². The summed E-state index contributed by atoms with van der Waals surface area (Å²) in [5.74, 6) is -0.611. The van der Waals surface area contributed by atoms with Crippen LogP contribution in [0.1, 0.15) is 63.4 Å². The lowest BCUT2D eigenvalue weighted by Crippen LogP contribution is -2.32. The minimum atomic E-state index is -4.41. The van der Waals surface area contributed by atoms with Crippen LogP contribution < -0.4 is 5.56 Å². The van der Waals surface area contributed by atoms with Crippen molar-refractivity contribution < 1.29 is 22.7 Å². The van der Waals surface area contributed by atoms with Crippen LogP contribution in [0, 0.1) is 18.8 Å². The monoisotopic (exact) mass is 543 g/mol. The Balaban J connectivity index is 1.81. The van der Waals surface area contributed by atoms with Gasteiger partial charge in [-0.1, -0.05) is 32.4 Å². The van der Waals surface area contributed by atoms with Crippen LogP contribution in [-0.4, -0.2) is 41.3 Å². The molecule has 1 fully saturated rings. The van der Waals surface area contributed by atoms with E-state index in [0.29, 0.717) is 48.6 Å². The van der Waals surface area contributed by atoms with E-state index in [1.165, 1.54) is 18.3 Å². The molecule has 0 radical (unpaired) electrons. The lowest BCUT2D eigenvalue weighted by Gasteiger charge is -2.33. The third-order valence-electron chi connectivity index (χ3n) is 7.34. The molecule has 4 rings (SSSR count). The molecule has 2 aromatic heterocycles. The molecule has 0 aliphatic carbocycles. The number of aryl methyl sites for hydroxylation is 1. The van der Waals surface area contributed by atoms with Crippen LogP contribution in [0.15, 0.2) is 51.1 Å². The van der Waals surface area contributed by atoms with Crippen molar-refractivity contribution in [1.29, 1.82) is 0 Å². The average molecular weight is 544 g/mol. The number of nitrogens with zero attached hydrogens (tertiary/aromatic N) is 3. The Morgan fingerprint density at radius 3 is 2.47 bits per heavy atom. The molecule has 1 atom stereocenters. The predicted molar refractivity (Wildman–Crippen MR) is 141 cm³/mol. The maximum atomic E-state index is 13.9. The number of halogens is 1. The summed E-state index contributed by atoms with van der Waals surface area (Å²) in [5, 5.41) is 11.4. The fourth-order valence-electron chi connectivity index (χ4n) is 5.23. The third-order valence-corrected chi connectivity index (χ3v) is 9.12. The molecule has 1 N–H and O–H groups in total. The number of unbranched alkanes of at least 4 members (excludes halogenated alkanes) is 1. The predicted octanol–water partition coefficient (Wildman–Crippen LogP) is 5.01. The van der Waals surface area contributed by atoms with Gasteiger partial charge in [0.05, 0.1) is 4.90 Å². The molecule has 1 aliphatic heterocycles. The number of pyridine rings is 1. The van der Waals surface area contributed by atoms with Crippen molar-refractivity contribution in [2.45, 2.75) is 75.1 Å². The van der Waals surface area contributed by atoms with Gasteiger partial charge in [-0.05, 0) is 67.9 Å². The Morgan fingerprint density at radius 2 is 1.84 bits per heavy atom. The fourth-order valence-corrected chi connectivity index (χ4v) is 6.57. The topological polar surface area (TPSA) is 111 Å². The molecule has 204 valence electrons. The van der Waals surface area contributed by atoms with Crippen LogP contribution in [0.2, 0.25) is 0 Å². The van der Waals surface area contributed by atoms with Gasteiger partial charge in [0.1, 0.15) is 5.82 Å². The van der Waals surface area contributed by atoms with Crippen LogP contribution in [0.25, 0.3) is 11.1 Å². The van der Waals surface area contributed by atoms with Gasteiger partial charge in [-0.3, -0.25) is 9.36 Å². The van der Waals surface area contributed by atoms with E-state index in [1.54, 1.807) is 29.7 Å². The third kappa shape index (κ3) is 5.37. The van der Waals surface area contributed by atoms with E-state index in [-0.39, 0.29) is 16.9 Å². The second-order valence-corrected chi connectivity index (χ2v) is 11.6. The number of aromatic nitrogens is 3. The SMILES string of the molecule is CCCCc1nc(=O)c(S(=O)(=O)c2ccc(-c3ccnc(F)c3C)cc2)c(O)n1C(CC)C1CCOCC1. The number of sulfone groups is 1. The summed E-state index contributed by atoms with van der Waals surface area (Å²) in [7, 11) is -4.41. The summed E-state index contributed by atoms with van der Waals surface area (Å²) >= 11 is 0. The highest BCUT2D eigenvalue weighted by Crippen LogP contribution is 2.37. The Hall–Kier alpha value is -3.11. The molecule has 38 heavy (non-hydrogen) atoms. The molecular weight excluding hydrogens is 509 g/mol. The van der Waals surface area contributed by atoms with Gasteiger partial charge in [0.25, 0.3) is 5.56 Å². The smallest absolute Gasteiger partial charge is 0.296 e. The van der Waals surface area contributed by atoms with Crippen molar-refractivity contribution in [2.24, 2.45) is 5.92 Å². The van der Waals surface area contributed by atoms with Crippen LogP contribution >= 0.6 is 0 Å². The number of aromatic hydroxyl groups is 1. The summed E-state index contributed by atoms with van der Waals surface area (Å²) in [5.41, 5.74) is 0.552. The quantitative estimate of drug-likeness (QED) is 0.378. The first-order valence-corrected chi connectivity index (χ1v) is 14.6. The first-order valence-electron chi connectivity index (χ1n) is 13.1. The number of hydrogen-bond donors (Lipinski definition) is 1. The van der Waals surface area contributed by atoms with Crippen LogP contribution in [0.5, 0.6) is 5.88 Å². The van der Waals surface area contributed by atoms with Crippen LogP contribution in [-0.2, 0) is 21.0 Å². The van der Waals surface area contributed by atoms with Crippen LogP contribution in [0.3, 0.4) is 0 Å². The van der Waals surface area contributed by atoms with Crippen molar-refractivity contribution in [3.63, 3.8) is 0 Å². The standard InChI is InChI=1S/C28H34FN3O5S/c1-4-6-7-24-31-27(33)25(28(34)32(24)23(5-2)20-13-16-37-17-14-20)38(35,36)21-10-8-19(9-11-21)22-12-15-30-26(29)18(22)3/h8-12,15,20,23,34H,4-7,13-14,16-17H2,1-3H3. The number of rotatable bonds is 9. The Morgan fingerprint density at radius 1 is 1.16 bits per heavy atom. The zero-order valence-electron chi connectivity index (χ0n) is 22.0. The zero-order chi connectivity index (χ0) is 27.4. The first kappa shape index (κ1) is 27.9. The van der Waals surface area contributed by atoms with Crippen molar-refractivity contribution in [1.82, 2.24) is 14.5 Å². The normalized spacial score (nSPS) is 15.5. The minimum Gasteiger partial charge on any atom is -0.493 e. The maximum Gasteiger partial charge on any atom is 0.296 e. The molecule has 10 heteroatoms. The van der Waals surface area contributed by atoms with E-state index >= 15 is 0 Å². The van der Waals surface area contributed by atoms with E-state index < -0.39 is 32.1 Å². The summed E-state index contributed by atoms with van der Waals surface area (Å²) in [6.07, 6.45) is 5.59. The maximum absolute atomic E-state index is 13.9. The number of benzene rings is 1. The highest BCUT2D eigenvalue weighted by Gasteiger charge is 2.34. The molecule has 1 aliphatic rings. The molecule has 1 aromatic carbocycles. The van der Waals surface area contributed by atoms with Crippen molar-refractivity contribution in [2.75, 3.05) is 13.2 Å². The Labute approximate surface area is 222 Å². The second kappa shape index (κ2) is 11.7. The van der Waals surface area contributed by atoms with Gasteiger partial charge in [0, 0.05) is 37.4 Å². The van der Waals surface area contributed by atoms with Crippen molar-refractivity contribution in [3.05, 3.63) is 64.2 Å². The molecular formula is C28H34FN3O5S. The van der Waals surface area contributed by atoms with Gasteiger partial charge >= 0.3 is 0 Å². The van der Waals surface area contributed by atoms with Gasteiger partial charge < -0.3 is 9.84 Å². The molecule has 1 unspecified atom stereocenters. The second-order valence-electron chi connectivity index (χ2n) is 9.69. The molecule has 3 heterocycles. The molecule has 8 nitrogen and oxygen atoms in total. The van der Waals surface area contributed by atoms with Crippen LogP contribution in [0.4, 0.5) is 4.39 Å². The largest absolute Gasteiger partial charge is 0.493 e. The number of hydrogen-bond acceptors (Lipinski definition) is 7. The summed E-state index contributed by atoms with van der Waals surface area (Å²) in [4.78, 5) is 20.1. The number of ether oxygens (including phenoxy) is 1. The van der Waals surface area contributed by atoms with E-state index in [2.05, 4.69) is 9.97 Å². The van der Waals surface area contributed by atoms with Gasteiger partial charge in [-0.15, -0.1) is 0 Å². The minimum absolute atomic E-state index is 0.156. The van der Waals surface area contributed by atoms with E-state index in [0.717, 1.165) is 25.7 Å². The zero-order valence-corrected chi connectivity index (χ0v) is 22.8. The van der Waals surface area contributed by atoms with Crippen molar-refractivity contribution in [3.8, 4) is 17.0 Å². The van der Waals surface area contributed by atoms with E-state index in [1.807, 2.05) is 13.8 Å². The fraction of sp³-hybridized carbons (Fsp3) is 0.464. The van der Waals surface area contributed by atoms with Gasteiger partial charge in [-0.2, -0.15) is 9.37 Å². The highest BCUT2D eigenvalue weighted by molar-refractivity contribution is 7.91. The summed E-state index contributed by atoms with van der Waals surface area (Å²) in [6, 6.07) is 7.22. The molecule has 1 saturated heterocycles. The molecule has 0 saturated carbocycles. The molecule has 0 amide bonds. The molecule has 3 aromatic rings. The first-order chi connectivity index (χ1) is 18.2.